The lowest BCUT2D eigenvalue weighted by Crippen LogP contribution is -2.48. The molecule has 6 nitrogen and oxygen atoms in total. The second-order valence-electron chi connectivity index (χ2n) is 16.1. The van der Waals surface area contributed by atoms with Gasteiger partial charge in [-0.3, -0.25) is 4.57 Å². The topological polar surface area (TPSA) is 60.0 Å². The normalized spacial score (nSPS) is 14.8. The standard InChI is InChI=1S/C45H36B7N5O/c46-31-29-30-32(47)34(49)36(51)40(42(30)58-41(29)37(52)35(50)33(31)48)56-27-17-9-7-15-23(27)25-19-20-26-24-16-8-10-18-28(24)57(39(26)38(25)56)45-54-43(21-11-3-1-4-12-21)53-44(55-45)22-13-5-2-6-14-22/h1-14,16-20,23H,15,46-52H2. The number of rotatable bonds is 4. The highest BCUT2D eigenvalue weighted by molar-refractivity contribution is 6.69. The van der Waals surface area contributed by atoms with Gasteiger partial charge in [0.05, 0.1) is 22.4 Å². The molecule has 3 aromatic heterocycles. The van der Waals surface area contributed by atoms with Gasteiger partial charge in [0.1, 0.15) is 60.5 Å². The summed E-state index contributed by atoms with van der Waals surface area (Å²) in [7, 11) is 15.7. The van der Waals surface area contributed by atoms with Gasteiger partial charge < -0.3 is 9.32 Å². The van der Waals surface area contributed by atoms with Crippen molar-refractivity contribution in [3.63, 3.8) is 0 Å². The average Bonchev–Trinajstić information content (AvgIpc) is 3.94. The van der Waals surface area contributed by atoms with Crippen molar-refractivity contribution >= 4 is 148 Å². The lowest BCUT2D eigenvalue weighted by molar-refractivity contribution is 0.672. The Labute approximate surface area is 343 Å². The average molecular weight is 739 g/mol. The molecule has 268 valence electrons. The molecular weight excluding hydrogens is 702 g/mol. The summed E-state index contributed by atoms with van der Waals surface area (Å²) in [6.45, 7) is 0. The fraction of sp³-hybridized carbons (Fsp3) is 0.0444. The van der Waals surface area contributed by atoms with E-state index in [4.69, 9.17) is 19.4 Å². The van der Waals surface area contributed by atoms with Crippen molar-refractivity contribution in [1.82, 2.24) is 19.5 Å². The molecule has 1 atom stereocenters. The monoisotopic (exact) mass is 739 g/mol. The molecule has 9 aromatic rings. The third kappa shape index (κ3) is 4.79. The highest BCUT2D eigenvalue weighted by Crippen LogP contribution is 2.55. The van der Waals surface area contributed by atoms with Crippen LogP contribution >= 0.6 is 0 Å². The van der Waals surface area contributed by atoms with Crippen LogP contribution in [0.15, 0.2) is 125 Å². The Morgan fingerprint density at radius 1 is 0.552 bits per heavy atom. The number of fused-ring (bicyclic) bond motifs is 10. The number of para-hydroxylation sites is 1. The fourth-order valence-corrected chi connectivity index (χ4v) is 9.77. The van der Waals surface area contributed by atoms with Crippen LogP contribution in [0.2, 0.25) is 0 Å². The minimum Gasteiger partial charge on any atom is -0.455 e. The Bertz CT molecular complexity index is 3250. The van der Waals surface area contributed by atoms with E-state index in [1.807, 2.05) is 36.4 Å². The van der Waals surface area contributed by atoms with Crippen LogP contribution < -0.4 is 43.1 Å². The van der Waals surface area contributed by atoms with Crippen molar-refractivity contribution < 1.29 is 4.42 Å². The van der Waals surface area contributed by atoms with Gasteiger partial charge in [0, 0.05) is 44.3 Å². The Morgan fingerprint density at radius 3 is 1.84 bits per heavy atom. The maximum absolute atomic E-state index is 7.24. The van der Waals surface area contributed by atoms with Crippen LogP contribution in [0.4, 0.5) is 11.4 Å². The quantitative estimate of drug-likeness (QED) is 0.219. The molecule has 1 unspecified atom stereocenters. The number of hydrogen-bond donors (Lipinski definition) is 0. The summed E-state index contributed by atoms with van der Waals surface area (Å²) in [6, 6.07) is 33.8. The minimum absolute atomic E-state index is 0.169. The molecule has 0 fully saturated rings. The first kappa shape index (κ1) is 34.9. The number of nitrogens with zero attached hydrogens (tertiary/aromatic N) is 5. The summed E-state index contributed by atoms with van der Waals surface area (Å²) >= 11 is 0. The molecule has 11 rings (SSSR count). The summed E-state index contributed by atoms with van der Waals surface area (Å²) in [5.41, 5.74) is 19.6. The second-order valence-corrected chi connectivity index (χ2v) is 16.1. The van der Waals surface area contributed by atoms with Crippen LogP contribution in [0.1, 0.15) is 17.9 Å². The van der Waals surface area contributed by atoms with E-state index in [1.165, 1.54) is 60.3 Å². The van der Waals surface area contributed by atoms with E-state index in [1.54, 1.807) is 0 Å². The van der Waals surface area contributed by atoms with Gasteiger partial charge >= 0.3 is 0 Å². The van der Waals surface area contributed by atoms with E-state index in [2.05, 4.69) is 143 Å². The first-order valence-corrected chi connectivity index (χ1v) is 20.3. The van der Waals surface area contributed by atoms with Crippen molar-refractivity contribution in [2.75, 3.05) is 4.90 Å². The van der Waals surface area contributed by atoms with Crippen molar-refractivity contribution in [3.8, 4) is 28.7 Å². The van der Waals surface area contributed by atoms with E-state index in [0.717, 1.165) is 61.9 Å². The van der Waals surface area contributed by atoms with Crippen molar-refractivity contribution in [2.24, 2.45) is 0 Å². The van der Waals surface area contributed by atoms with Crippen molar-refractivity contribution in [1.29, 1.82) is 0 Å². The third-order valence-electron chi connectivity index (χ3n) is 13.3. The zero-order valence-electron chi connectivity index (χ0n) is 33.9. The molecule has 1 aliphatic heterocycles. The molecular formula is C45H36B7N5O. The van der Waals surface area contributed by atoms with Gasteiger partial charge in [-0.1, -0.05) is 136 Å². The Kier molecular flexibility index (Phi) is 7.72. The van der Waals surface area contributed by atoms with Gasteiger partial charge in [-0.2, -0.15) is 9.97 Å². The second kappa shape index (κ2) is 12.8. The predicted molar refractivity (Wildman–Crippen MR) is 263 cm³/mol. The molecule has 4 heterocycles. The molecule has 13 heteroatoms. The van der Waals surface area contributed by atoms with Crippen LogP contribution in [0.5, 0.6) is 0 Å². The van der Waals surface area contributed by atoms with Gasteiger partial charge in [-0.15, -0.1) is 5.46 Å². The maximum atomic E-state index is 7.24. The first-order chi connectivity index (χ1) is 28.2. The zero-order valence-corrected chi connectivity index (χ0v) is 33.9. The maximum Gasteiger partial charge on any atom is 0.238 e. The minimum atomic E-state index is 0.169. The van der Waals surface area contributed by atoms with Crippen LogP contribution in [-0.2, 0) is 0 Å². The number of benzene rings is 6. The van der Waals surface area contributed by atoms with Crippen LogP contribution in [0, 0.1) is 0 Å². The third-order valence-corrected chi connectivity index (χ3v) is 13.3. The molecule has 2 aliphatic rings. The number of furan rings is 1. The van der Waals surface area contributed by atoms with Gasteiger partial charge in [0.15, 0.2) is 17.2 Å². The Hall–Kier alpha value is -6.34. The largest absolute Gasteiger partial charge is 0.455 e. The highest BCUT2D eigenvalue weighted by Gasteiger charge is 2.40. The fourth-order valence-electron chi connectivity index (χ4n) is 9.77. The van der Waals surface area contributed by atoms with Crippen molar-refractivity contribution in [2.45, 2.75) is 12.3 Å². The summed E-state index contributed by atoms with van der Waals surface area (Å²) in [4.78, 5) is 18.3. The number of allylic oxidation sites excluding steroid dienone is 4. The van der Waals surface area contributed by atoms with Crippen LogP contribution in [0.25, 0.3) is 72.5 Å². The zero-order chi connectivity index (χ0) is 39.6. The lowest BCUT2D eigenvalue weighted by Gasteiger charge is -2.28. The molecule has 0 amide bonds. The van der Waals surface area contributed by atoms with E-state index in [-0.39, 0.29) is 5.92 Å². The number of aromatic nitrogens is 4. The first-order valence-electron chi connectivity index (χ1n) is 20.3. The summed E-state index contributed by atoms with van der Waals surface area (Å²) in [6.07, 6.45) is 7.74. The number of hydrogen-bond acceptors (Lipinski definition) is 5. The predicted octanol–water partition coefficient (Wildman–Crippen LogP) is -0.910. The summed E-state index contributed by atoms with van der Waals surface area (Å²) in [5.74, 6) is 2.01. The smallest absolute Gasteiger partial charge is 0.238 e. The summed E-state index contributed by atoms with van der Waals surface area (Å²) < 4.78 is 9.53. The van der Waals surface area contributed by atoms with Crippen LogP contribution in [-0.4, -0.2) is 74.4 Å². The van der Waals surface area contributed by atoms with Crippen molar-refractivity contribution in [3.05, 3.63) is 127 Å². The molecule has 0 saturated heterocycles. The molecule has 0 saturated carbocycles. The van der Waals surface area contributed by atoms with E-state index < -0.39 is 0 Å². The van der Waals surface area contributed by atoms with E-state index in [0.29, 0.717) is 17.6 Å². The van der Waals surface area contributed by atoms with Crippen LogP contribution in [0.3, 0.4) is 0 Å². The molecule has 0 bridgehead atoms. The SMILES string of the molecule is Bc1c(B)c(B)c2c(oc3c(N4C5=CC=CCC5c5ccc6c7ccccc7n(-c7nc(-c8ccccc8)nc(-c8ccccc8)n7)c6c54)c(B)c(B)c(B)c32)c1B. The molecule has 58 heavy (non-hydrogen) atoms. The van der Waals surface area contributed by atoms with Gasteiger partial charge in [-0.25, -0.2) is 4.98 Å². The number of anilines is 2. The van der Waals surface area contributed by atoms with E-state index >= 15 is 0 Å². The van der Waals surface area contributed by atoms with Gasteiger partial charge in [0.2, 0.25) is 5.95 Å². The summed E-state index contributed by atoms with van der Waals surface area (Å²) in [5, 5.41) is 4.73. The highest BCUT2D eigenvalue weighted by atomic mass is 16.3. The molecule has 1 aliphatic carbocycles. The van der Waals surface area contributed by atoms with E-state index in [9.17, 15) is 0 Å². The van der Waals surface area contributed by atoms with Gasteiger partial charge in [0.25, 0.3) is 0 Å². The van der Waals surface area contributed by atoms with Gasteiger partial charge in [-0.05, 0) is 24.1 Å². The lowest BCUT2D eigenvalue weighted by atomic mass is 9.64. The molecule has 6 aromatic carbocycles. The molecule has 0 spiro atoms. The molecule has 0 radical (unpaired) electrons. The Morgan fingerprint density at radius 2 is 1.16 bits per heavy atom. The Balaban J connectivity index is 1.29. The molecule has 0 N–H and O–H groups in total.